The van der Waals surface area contributed by atoms with Crippen molar-refractivity contribution in [1.82, 2.24) is 29.4 Å². The molecular weight excluding hydrogens is 1150 g/mol. The summed E-state index contributed by atoms with van der Waals surface area (Å²) in [7, 11) is 0. The fraction of sp³-hybridized carbons (Fsp3) is 0.658. The Morgan fingerprint density at radius 2 is 1.03 bits per heavy atom. The molecule has 18 nitrogen and oxygen atoms in total. The quantitative estimate of drug-likeness (QED) is 0.0789. The molecule has 8 heterocycles. The zero-order chi connectivity index (χ0) is 64.6. The van der Waals surface area contributed by atoms with Crippen molar-refractivity contribution in [2.24, 2.45) is 0 Å². The van der Waals surface area contributed by atoms with Crippen LogP contribution in [0.1, 0.15) is 227 Å². The van der Waals surface area contributed by atoms with E-state index in [0.717, 1.165) is 77.5 Å². The third-order valence-electron chi connectivity index (χ3n) is 21.0. The number of aliphatic hydroxyl groups excluding tert-OH is 2. The molecule has 0 spiro atoms. The summed E-state index contributed by atoms with van der Waals surface area (Å²) < 4.78 is 32.2. The average Bonchev–Trinajstić information content (AvgIpc) is 1.69. The van der Waals surface area contributed by atoms with Crippen molar-refractivity contribution in [2.75, 3.05) is 58.9 Å². The van der Waals surface area contributed by atoms with E-state index in [-0.39, 0.29) is 61.9 Å². The van der Waals surface area contributed by atoms with Gasteiger partial charge in [-0.2, -0.15) is 0 Å². The van der Waals surface area contributed by atoms with Crippen molar-refractivity contribution in [3.05, 3.63) is 92.1 Å². The van der Waals surface area contributed by atoms with Gasteiger partial charge in [0, 0.05) is 86.3 Å². The average molecular weight is 1260 g/mol. The fourth-order valence-electron chi connectivity index (χ4n) is 15.2. The number of likely N-dealkylation sites (tertiary alicyclic amines) is 4. The molecule has 18 heteroatoms. The van der Waals surface area contributed by atoms with E-state index in [1.54, 1.807) is 26.8 Å². The van der Waals surface area contributed by atoms with Crippen molar-refractivity contribution >= 4 is 30.5 Å². The summed E-state index contributed by atoms with van der Waals surface area (Å²) in [5.74, 6) is 0.501. The highest BCUT2D eigenvalue weighted by Gasteiger charge is 2.48. The van der Waals surface area contributed by atoms with Crippen LogP contribution in [0.5, 0.6) is 23.0 Å². The molecule has 0 unspecified atom stereocenters. The summed E-state index contributed by atoms with van der Waals surface area (Å²) in [4.78, 5) is 82.2. The number of piperidine rings is 4. The van der Waals surface area contributed by atoms with Gasteiger partial charge in [0.15, 0.2) is 6.23 Å². The third kappa shape index (κ3) is 16.1. The van der Waals surface area contributed by atoms with E-state index < -0.39 is 47.7 Å². The summed E-state index contributed by atoms with van der Waals surface area (Å²) in [5.41, 5.74) is 5.90. The highest BCUT2D eigenvalue weighted by molar-refractivity contribution is 6.01. The Morgan fingerprint density at radius 3 is 1.47 bits per heavy atom. The minimum absolute atomic E-state index is 0.0220. The molecule has 0 saturated carbocycles. The van der Waals surface area contributed by atoms with Crippen LogP contribution in [0.3, 0.4) is 0 Å². The topological polar surface area (TPSA) is 191 Å². The summed E-state index contributed by atoms with van der Waals surface area (Å²) in [6, 6.07) is 4.09. The first-order valence-electron chi connectivity index (χ1n) is 34.5. The number of fused-ring (bicyclic) bond motifs is 6. The molecule has 5 atom stereocenters. The predicted molar refractivity (Wildman–Crippen MR) is 351 cm³/mol. The second-order valence-electron chi connectivity index (χ2n) is 28.4. The van der Waals surface area contributed by atoms with E-state index in [0.29, 0.717) is 116 Å². The number of allylic oxidation sites excluding steroid dienone is 8. The van der Waals surface area contributed by atoms with Crippen LogP contribution < -0.4 is 18.9 Å². The maximum atomic E-state index is 14.9. The first kappa shape index (κ1) is 67.7. The van der Waals surface area contributed by atoms with Gasteiger partial charge in [-0.3, -0.25) is 19.3 Å². The molecular formula is C73H104N6O12. The number of amides is 4. The lowest BCUT2D eigenvalue weighted by atomic mass is 9.84. The molecule has 0 aromatic heterocycles. The van der Waals surface area contributed by atoms with E-state index in [2.05, 4.69) is 75.6 Å². The van der Waals surface area contributed by atoms with Gasteiger partial charge < -0.3 is 58.4 Å². The van der Waals surface area contributed by atoms with E-state index >= 15 is 0 Å². The van der Waals surface area contributed by atoms with Crippen LogP contribution in [0.15, 0.2) is 58.7 Å². The lowest BCUT2D eigenvalue weighted by molar-refractivity contribution is -0.141. The van der Waals surface area contributed by atoms with Crippen molar-refractivity contribution in [2.45, 2.75) is 251 Å². The van der Waals surface area contributed by atoms with Gasteiger partial charge >= 0.3 is 12.2 Å². The van der Waals surface area contributed by atoms with Crippen LogP contribution in [0, 0.1) is 0 Å². The molecule has 4 fully saturated rings. The predicted octanol–water partition coefficient (Wildman–Crippen LogP) is 12.5. The minimum atomic E-state index is -1.05. The number of hydrogen-bond acceptors (Lipinski definition) is 14. The number of carbonyl (C=O) groups is 5. The molecule has 8 aliphatic heterocycles. The van der Waals surface area contributed by atoms with Gasteiger partial charge in [-0.25, -0.2) is 9.59 Å². The maximum absolute atomic E-state index is 14.9. The highest BCUT2D eigenvalue weighted by atomic mass is 16.6. The molecule has 498 valence electrons. The number of carbonyl (C=O) groups excluding carboxylic acids is 5. The zero-order valence-corrected chi connectivity index (χ0v) is 55.9. The number of rotatable bonds is 23. The van der Waals surface area contributed by atoms with Crippen molar-refractivity contribution < 1.29 is 57.9 Å². The maximum Gasteiger partial charge on any atom is 0.415 e. The second kappa shape index (κ2) is 30.2. The number of benzene rings is 2. The first-order valence-corrected chi connectivity index (χ1v) is 34.5. The molecule has 0 radical (unpaired) electrons. The summed E-state index contributed by atoms with van der Waals surface area (Å²) >= 11 is 0. The molecule has 4 amide bonds. The molecule has 91 heavy (non-hydrogen) atoms. The number of aliphatic hydroxyl groups is 2. The second-order valence-corrected chi connectivity index (χ2v) is 28.4. The fourth-order valence-corrected chi connectivity index (χ4v) is 15.2. The third-order valence-corrected chi connectivity index (χ3v) is 21.0. The Morgan fingerprint density at radius 1 is 0.593 bits per heavy atom. The van der Waals surface area contributed by atoms with Gasteiger partial charge in [0.1, 0.15) is 34.2 Å². The lowest BCUT2D eigenvalue weighted by Gasteiger charge is -2.41. The van der Waals surface area contributed by atoms with Crippen LogP contribution in [-0.2, 0) is 35.5 Å². The van der Waals surface area contributed by atoms with E-state index in [9.17, 15) is 34.2 Å². The van der Waals surface area contributed by atoms with E-state index in [4.69, 9.17) is 23.7 Å². The molecule has 8 aliphatic rings. The monoisotopic (exact) mass is 1260 g/mol. The standard InChI is InChI=1S/C73H104N6O12/c1-49(2)20-15-22-51(5)24-17-31-72(7)63(81)44-57-61(88-70(85)76-38-27-53(28-39-76)74-33-11-9-12-34-74)42-55-59(66(57)90-72)46-78(68(55)83)37-19-26-65(87-48-80)79-47-60-56(69(79)84)43-62(89-71(86)77-40-29-54(30-41-77)75-35-13-10-14-36-75)58-45-64(82)73(8,91-67(58)60)32-18-25-52(6)23-16-21-50(3)4/h20-21,24-25,42-43,48,53-54,63-65,81-82H,9-19,22-23,26-41,44-47H2,1-8H3/b51-24+,52-25+/t63-,64-,65+,72+,73+/m0/s1. The Hall–Kier alpha value is -6.21. The van der Waals surface area contributed by atoms with Crippen LogP contribution >= 0.6 is 0 Å². The van der Waals surface area contributed by atoms with Gasteiger partial charge in [-0.1, -0.05) is 59.4 Å². The van der Waals surface area contributed by atoms with Gasteiger partial charge in [-0.15, -0.1) is 0 Å². The van der Waals surface area contributed by atoms with Crippen LogP contribution in [0.25, 0.3) is 0 Å². The van der Waals surface area contributed by atoms with E-state index in [1.165, 1.54) is 65.7 Å². The van der Waals surface area contributed by atoms with Gasteiger partial charge in [0.05, 0.1) is 36.4 Å². The molecule has 2 aromatic rings. The number of nitrogens with zero attached hydrogens (tertiary/aromatic N) is 6. The van der Waals surface area contributed by atoms with Gasteiger partial charge in [-0.05, 0) is 203 Å². The molecule has 0 aliphatic carbocycles. The molecule has 10 rings (SSSR count). The van der Waals surface area contributed by atoms with Crippen molar-refractivity contribution in [3.8, 4) is 23.0 Å². The van der Waals surface area contributed by atoms with Gasteiger partial charge in [0.2, 0.25) is 0 Å². The number of hydrogen-bond donors (Lipinski definition) is 2. The normalized spacial score (nSPS) is 24.6. The Balaban J connectivity index is 0.858. The smallest absolute Gasteiger partial charge is 0.415 e. The molecule has 2 aromatic carbocycles. The molecule has 0 bridgehead atoms. The van der Waals surface area contributed by atoms with Gasteiger partial charge in [0.25, 0.3) is 18.3 Å². The Kier molecular flexibility index (Phi) is 22.5. The summed E-state index contributed by atoms with van der Waals surface area (Å²) in [5, 5.41) is 23.9. The zero-order valence-electron chi connectivity index (χ0n) is 55.9. The largest absolute Gasteiger partial charge is 0.484 e. The van der Waals surface area contributed by atoms with Crippen LogP contribution in [0.2, 0.25) is 0 Å². The van der Waals surface area contributed by atoms with Crippen molar-refractivity contribution in [3.63, 3.8) is 0 Å². The first-order chi connectivity index (χ1) is 43.7. The highest BCUT2D eigenvalue weighted by Crippen LogP contribution is 2.50. The number of ether oxygens (including phenoxy) is 5. The molecule has 2 N–H and O–H groups in total. The summed E-state index contributed by atoms with van der Waals surface area (Å²) in [6.45, 7) is 23.8. The Bertz CT molecular complexity index is 3080. The van der Waals surface area contributed by atoms with Crippen molar-refractivity contribution in [1.29, 1.82) is 0 Å². The summed E-state index contributed by atoms with van der Waals surface area (Å²) in [6.07, 6.45) is 22.5. The lowest BCUT2D eigenvalue weighted by Crippen LogP contribution is -2.50. The minimum Gasteiger partial charge on any atom is -0.484 e. The Labute approximate surface area is 540 Å². The van der Waals surface area contributed by atoms with Crippen LogP contribution in [0.4, 0.5) is 9.59 Å². The van der Waals surface area contributed by atoms with E-state index in [1.807, 2.05) is 13.8 Å². The van der Waals surface area contributed by atoms with Crippen LogP contribution in [-0.4, -0.2) is 171 Å². The molecule has 4 saturated heterocycles. The SMILES string of the molecule is CC(C)=CCC/C(C)=C/CC[C@@]1(C)Oc2c(c(OC(=O)N3CCC(N4CCCCC4)CC3)cc3c2CN(CCC[C@@H](OC=O)N2Cc4c(cc(OC(=O)N5CCC(N6CCCCC6)CC5)c5c4O[C@](C)(CC/C=C(\C)CCC=C(C)C)[C@@H](O)C5)C2=O)C3=O)C[C@@H]1O.